The SMILES string of the molecule is CCCOc1c(Cl)cc(/C=N/NS(=O)(=O)c2ccc3[nH]c(=O)oc3c2)cc1Cl. The minimum atomic E-state index is -3.97. The summed E-state index contributed by atoms with van der Waals surface area (Å²) < 4.78 is 35.0. The third-order valence-electron chi connectivity index (χ3n) is 3.56. The Balaban J connectivity index is 1.78. The number of oxazole rings is 1. The zero-order chi connectivity index (χ0) is 20.3. The van der Waals surface area contributed by atoms with E-state index in [1.807, 2.05) is 6.92 Å². The van der Waals surface area contributed by atoms with Crippen LogP contribution in [0, 0.1) is 0 Å². The number of benzene rings is 2. The number of aromatic nitrogens is 1. The number of rotatable bonds is 7. The first-order valence-corrected chi connectivity index (χ1v) is 10.3. The molecule has 0 unspecified atom stereocenters. The zero-order valence-corrected chi connectivity index (χ0v) is 16.9. The van der Waals surface area contributed by atoms with Crippen molar-refractivity contribution in [2.45, 2.75) is 18.2 Å². The second-order valence-electron chi connectivity index (χ2n) is 5.69. The van der Waals surface area contributed by atoms with E-state index in [1.54, 1.807) is 12.1 Å². The van der Waals surface area contributed by atoms with E-state index >= 15 is 0 Å². The van der Waals surface area contributed by atoms with Crippen LogP contribution in [-0.4, -0.2) is 26.2 Å². The molecular formula is C17H15Cl2N3O5S. The van der Waals surface area contributed by atoms with Gasteiger partial charge >= 0.3 is 5.76 Å². The molecule has 28 heavy (non-hydrogen) atoms. The summed E-state index contributed by atoms with van der Waals surface area (Å²) >= 11 is 12.3. The minimum Gasteiger partial charge on any atom is -0.490 e. The lowest BCUT2D eigenvalue weighted by Gasteiger charge is -2.09. The van der Waals surface area contributed by atoms with Crippen LogP contribution in [-0.2, 0) is 10.0 Å². The Morgan fingerprint density at radius 1 is 1.25 bits per heavy atom. The molecule has 2 aromatic carbocycles. The van der Waals surface area contributed by atoms with E-state index in [2.05, 4.69) is 14.9 Å². The van der Waals surface area contributed by atoms with E-state index in [4.69, 9.17) is 32.4 Å². The van der Waals surface area contributed by atoms with E-state index in [0.717, 1.165) is 6.42 Å². The number of halogens is 2. The number of ether oxygens (including phenoxy) is 1. The molecule has 0 spiro atoms. The normalized spacial score (nSPS) is 12.0. The average molecular weight is 444 g/mol. The number of hydrogen-bond donors (Lipinski definition) is 2. The maximum atomic E-state index is 12.4. The molecule has 3 aromatic rings. The third-order valence-corrected chi connectivity index (χ3v) is 5.34. The van der Waals surface area contributed by atoms with Crippen LogP contribution in [0.25, 0.3) is 11.1 Å². The van der Waals surface area contributed by atoms with Gasteiger partial charge in [0.15, 0.2) is 11.3 Å². The summed E-state index contributed by atoms with van der Waals surface area (Å²) in [6, 6.07) is 7.07. The summed E-state index contributed by atoms with van der Waals surface area (Å²) in [6.07, 6.45) is 2.06. The van der Waals surface area contributed by atoms with E-state index in [9.17, 15) is 13.2 Å². The zero-order valence-electron chi connectivity index (χ0n) is 14.5. The van der Waals surface area contributed by atoms with Gasteiger partial charge in [-0.15, -0.1) is 0 Å². The smallest absolute Gasteiger partial charge is 0.417 e. The van der Waals surface area contributed by atoms with Gasteiger partial charge in [-0.25, -0.2) is 9.63 Å². The van der Waals surface area contributed by atoms with Crippen molar-refractivity contribution in [3.05, 3.63) is 56.5 Å². The lowest BCUT2D eigenvalue weighted by molar-refractivity contribution is 0.318. The van der Waals surface area contributed by atoms with Crippen molar-refractivity contribution in [2.75, 3.05) is 6.61 Å². The van der Waals surface area contributed by atoms with Crippen LogP contribution in [0.1, 0.15) is 18.9 Å². The summed E-state index contributed by atoms with van der Waals surface area (Å²) in [6.45, 7) is 2.43. The summed E-state index contributed by atoms with van der Waals surface area (Å²) in [5.41, 5.74) is 0.994. The predicted octanol–water partition coefficient (Wildman–Crippen LogP) is 3.53. The average Bonchev–Trinajstić information content (AvgIpc) is 3.00. The van der Waals surface area contributed by atoms with Crippen LogP contribution in [0.4, 0.5) is 0 Å². The maximum absolute atomic E-state index is 12.4. The molecule has 148 valence electrons. The Hall–Kier alpha value is -2.49. The maximum Gasteiger partial charge on any atom is 0.417 e. The molecule has 2 N–H and O–H groups in total. The molecule has 1 aromatic heterocycles. The van der Waals surface area contributed by atoms with Gasteiger partial charge in [-0.2, -0.15) is 13.5 Å². The molecule has 0 aliphatic carbocycles. The number of fused-ring (bicyclic) bond motifs is 1. The summed E-state index contributed by atoms with van der Waals surface area (Å²) in [5.74, 6) is -0.306. The van der Waals surface area contributed by atoms with Crippen molar-refractivity contribution in [1.29, 1.82) is 0 Å². The second-order valence-corrected chi connectivity index (χ2v) is 8.16. The van der Waals surface area contributed by atoms with Gasteiger partial charge in [0.2, 0.25) is 0 Å². The first-order chi connectivity index (χ1) is 13.3. The van der Waals surface area contributed by atoms with Crippen molar-refractivity contribution in [1.82, 2.24) is 9.82 Å². The van der Waals surface area contributed by atoms with Crippen molar-refractivity contribution in [2.24, 2.45) is 5.10 Å². The molecule has 1 heterocycles. The topological polar surface area (TPSA) is 114 Å². The monoisotopic (exact) mass is 443 g/mol. The highest BCUT2D eigenvalue weighted by Gasteiger charge is 2.15. The molecule has 0 aliphatic heterocycles. The Kier molecular flexibility index (Phi) is 5.97. The first kappa shape index (κ1) is 20.2. The third kappa shape index (κ3) is 4.49. The van der Waals surface area contributed by atoms with Crippen molar-refractivity contribution < 1.29 is 17.6 Å². The van der Waals surface area contributed by atoms with Gasteiger partial charge in [0.25, 0.3) is 10.0 Å². The van der Waals surface area contributed by atoms with E-state index in [0.29, 0.717) is 23.4 Å². The van der Waals surface area contributed by atoms with Crippen molar-refractivity contribution >= 4 is 50.5 Å². The number of aromatic amines is 1. The summed E-state index contributed by atoms with van der Waals surface area (Å²) in [4.78, 5) is 15.6. The van der Waals surface area contributed by atoms with Gasteiger partial charge in [0.05, 0.1) is 33.3 Å². The molecule has 3 rings (SSSR count). The lowest BCUT2D eigenvalue weighted by Crippen LogP contribution is -2.18. The number of nitrogens with one attached hydrogen (secondary N) is 2. The quantitative estimate of drug-likeness (QED) is 0.428. The Labute approximate surface area is 170 Å². The van der Waals surface area contributed by atoms with Gasteiger partial charge in [0, 0.05) is 6.07 Å². The molecule has 0 amide bonds. The fourth-order valence-electron chi connectivity index (χ4n) is 2.31. The molecule has 0 radical (unpaired) electrons. The molecular weight excluding hydrogens is 429 g/mol. The molecule has 11 heteroatoms. The van der Waals surface area contributed by atoms with Crippen LogP contribution in [0.2, 0.25) is 10.0 Å². The summed E-state index contributed by atoms with van der Waals surface area (Å²) in [5, 5.41) is 4.31. The van der Waals surface area contributed by atoms with Crippen molar-refractivity contribution in [3.63, 3.8) is 0 Å². The molecule has 0 bridgehead atoms. The van der Waals surface area contributed by atoms with E-state index in [1.165, 1.54) is 24.4 Å². The molecule has 0 saturated heterocycles. The predicted molar refractivity (Wildman–Crippen MR) is 107 cm³/mol. The molecule has 0 atom stereocenters. The lowest BCUT2D eigenvalue weighted by atomic mass is 10.2. The van der Waals surface area contributed by atoms with Gasteiger partial charge in [0.1, 0.15) is 0 Å². The van der Waals surface area contributed by atoms with Gasteiger partial charge in [-0.1, -0.05) is 30.1 Å². The van der Waals surface area contributed by atoms with Crippen LogP contribution in [0.15, 0.2) is 49.5 Å². The van der Waals surface area contributed by atoms with E-state index in [-0.39, 0.29) is 20.5 Å². The Morgan fingerprint density at radius 3 is 2.64 bits per heavy atom. The molecule has 0 saturated carbocycles. The largest absolute Gasteiger partial charge is 0.490 e. The highest BCUT2D eigenvalue weighted by molar-refractivity contribution is 7.89. The van der Waals surface area contributed by atoms with Gasteiger partial charge < -0.3 is 9.15 Å². The minimum absolute atomic E-state index is 0.112. The second kappa shape index (κ2) is 8.26. The van der Waals surface area contributed by atoms with Crippen molar-refractivity contribution in [3.8, 4) is 5.75 Å². The molecule has 8 nitrogen and oxygen atoms in total. The fourth-order valence-corrected chi connectivity index (χ4v) is 3.73. The number of hydrogen-bond acceptors (Lipinski definition) is 6. The highest BCUT2D eigenvalue weighted by Crippen LogP contribution is 2.33. The Bertz CT molecular complexity index is 1180. The summed E-state index contributed by atoms with van der Waals surface area (Å²) in [7, 11) is -3.97. The van der Waals surface area contributed by atoms with Crippen LogP contribution in [0.3, 0.4) is 0 Å². The number of hydrazone groups is 1. The first-order valence-electron chi connectivity index (χ1n) is 8.10. The standard InChI is InChI=1S/C17H15Cl2N3O5S/c1-2-5-26-16-12(18)6-10(7-13(16)19)9-20-22-28(24,25)11-3-4-14-15(8-11)27-17(23)21-14/h3-4,6-9,22H,2,5H2,1H3,(H,21,23)/b20-9+. The van der Waals surface area contributed by atoms with Crippen LogP contribution < -0.4 is 15.3 Å². The van der Waals surface area contributed by atoms with Gasteiger partial charge in [-0.05, 0) is 36.2 Å². The van der Waals surface area contributed by atoms with Gasteiger partial charge in [-0.3, -0.25) is 4.98 Å². The molecule has 0 fully saturated rings. The number of nitrogens with zero attached hydrogens (tertiary/aromatic N) is 1. The fraction of sp³-hybridized carbons (Fsp3) is 0.176. The van der Waals surface area contributed by atoms with Crippen LogP contribution >= 0.6 is 23.2 Å². The number of H-pyrrole nitrogens is 1. The highest BCUT2D eigenvalue weighted by atomic mass is 35.5. The van der Waals surface area contributed by atoms with E-state index < -0.39 is 15.8 Å². The molecule has 0 aliphatic rings. The number of sulfonamides is 1. The Morgan fingerprint density at radius 2 is 1.96 bits per heavy atom. The van der Waals surface area contributed by atoms with Crippen LogP contribution in [0.5, 0.6) is 5.75 Å².